The van der Waals surface area contributed by atoms with Crippen molar-refractivity contribution in [3.05, 3.63) is 28.7 Å². The van der Waals surface area contributed by atoms with Crippen molar-refractivity contribution >= 4 is 38.5 Å². The fourth-order valence-corrected chi connectivity index (χ4v) is 3.16. The molecule has 1 aromatic rings. The first kappa shape index (κ1) is 12.0. The van der Waals surface area contributed by atoms with E-state index in [4.69, 9.17) is 0 Å². The van der Waals surface area contributed by atoms with E-state index in [0.717, 1.165) is 21.9 Å². The lowest BCUT2D eigenvalue weighted by Crippen LogP contribution is -2.07. The summed E-state index contributed by atoms with van der Waals surface area (Å²) in [6.45, 7) is 3.17. The number of hydrogen-bond acceptors (Lipinski definition) is 3. The third-order valence-corrected chi connectivity index (χ3v) is 4.31. The summed E-state index contributed by atoms with van der Waals surface area (Å²) >= 11 is 5.38. The molecule has 0 radical (unpaired) electrons. The van der Waals surface area contributed by atoms with Gasteiger partial charge in [0.25, 0.3) is 0 Å². The Morgan fingerprint density at radius 3 is 3.06 bits per heavy atom. The summed E-state index contributed by atoms with van der Waals surface area (Å²) in [5.74, 6) is 0. The zero-order valence-electron chi connectivity index (χ0n) is 9.24. The third kappa shape index (κ3) is 3.01. The van der Waals surface area contributed by atoms with Gasteiger partial charge in [-0.1, -0.05) is 37.2 Å². The molecule has 0 saturated carbocycles. The Morgan fingerprint density at radius 1 is 1.50 bits per heavy atom. The van der Waals surface area contributed by atoms with Crippen LogP contribution in [0.5, 0.6) is 0 Å². The predicted molar refractivity (Wildman–Crippen MR) is 76.4 cm³/mol. The molecule has 16 heavy (non-hydrogen) atoms. The number of para-hydroxylation sites is 1. The van der Waals surface area contributed by atoms with Crippen LogP contribution in [-0.2, 0) is 0 Å². The Hall–Kier alpha value is -0.480. The maximum atomic E-state index is 4.52. The third-order valence-electron chi connectivity index (χ3n) is 2.44. The molecule has 1 aromatic carbocycles. The van der Waals surface area contributed by atoms with Crippen molar-refractivity contribution in [2.45, 2.75) is 25.0 Å². The van der Waals surface area contributed by atoms with E-state index >= 15 is 0 Å². The second kappa shape index (κ2) is 5.73. The molecular weight excluding hydrogens is 284 g/mol. The number of benzene rings is 1. The standard InChI is InChI=1S/C12H15BrN2S/c1-2-5-9-8-14-12(16-9)15-11-7-4-3-6-10(11)13/h3-4,6-7,9H,2,5,8H2,1H3,(H,14,15). The highest BCUT2D eigenvalue weighted by Crippen LogP contribution is 2.28. The Bertz CT molecular complexity index is 392. The van der Waals surface area contributed by atoms with Crippen LogP contribution in [0.3, 0.4) is 0 Å². The Morgan fingerprint density at radius 2 is 2.31 bits per heavy atom. The van der Waals surface area contributed by atoms with Gasteiger partial charge in [0.2, 0.25) is 0 Å². The summed E-state index contributed by atoms with van der Waals surface area (Å²) in [4.78, 5) is 4.52. The van der Waals surface area contributed by atoms with Gasteiger partial charge in [0, 0.05) is 9.72 Å². The molecule has 2 rings (SSSR count). The molecule has 1 aliphatic rings. The highest BCUT2D eigenvalue weighted by Gasteiger charge is 2.18. The molecule has 1 atom stereocenters. The molecule has 0 bridgehead atoms. The van der Waals surface area contributed by atoms with Gasteiger partial charge >= 0.3 is 0 Å². The number of rotatable bonds is 3. The minimum absolute atomic E-state index is 0.662. The number of halogens is 1. The largest absolute Gasteiger partial charge is 0.334 e. The zero-order valence-corrected chi connectivity index (χ0v) is 11.6. The normalized spacial score (nSPS) is 19.6. The Kier molecular flexibility index (Phi) is 4.29. The quantitative estimate of drug-likeness (QED) is 0.907. The second-order valence-corrected chi connectivity index (χ2v) is 5.92. The molecule has 1 aliphatic heterocycles. The number of nitrogens with one attached hydrogen (secondary N) is 1. The smallest absolute Gasteiger partial charge is 0.161 e. The average molecular weight is 299 g/mol. The van der Waals surface area contributed by atoms with E-state index in [1.54, 1.807) is 0 Å². The van der Waals surface area contributed by atoms with E-state index in [1.165, 1.54) is 12.8 Å². The number of thioether (sulfide) groups is 1. The van der Waals surface area contributed by atoms with Gasteiger partial charge in [0.05, 0.1) is 12.2 Å². The highest BCUT2D eigenvalue weighted by molar-refractivity contribution is 9.10. The van der Waals surface area contributed by atoms with Crippen LogP contribution in [0.25, 0.3) is 0 Å². The Balaban J connectivity index is 1.95. The molecule has 0 amide bonds. The molecule has 1 heterocycles. The lowest BCUT2D eigenvalue weighted by atomic mass is 10.2. The van der Waals surface area contributed by atoms with Crippen molar-refractivity contribution in [2.24, 2.45) is 4.99 Å². The number of nitrogens with zero attached hydrogens (tertiary/aromatic N) is 1. The molecule has 1 unspecified atom stereocenters. The lowest BCUT2D eigenvalue weighted by molar-refractivity contribution is 0.754. The van der Waals surface area contributed by atoms with Gasteiger partial charge < -0.3 is 5.32 Å². The van der Waals surface area contributed by atoms with E-state index in [0.29, 0.717) is 5.25 Å². The van der Waals surface area contributed by atoms with E-state index in [2.05, 4.69) is 39.2 Å². The minimum atomic E-state index is 0.662. The molecule has 4 heteroatoms. The number of aliphatic imine (C=N–C) groups is 1. The fourth-order valence-electron chi connectivity index (χ4n) is 1.64. The summed E-state index contributed by atoms with van der Waals surface area (Å²) in [7, 11) is 0. The van der Waals surface area contributed by atoms with Crippen molar-refractivity contribution in [3.8, 4) is 0 Å². The molecule has 0 aliphatic carbocycles. The summed E-state index contributed by atoms with van der Waals surface area (Å²) in [6, 6.07) is 8.13. The number of amidine groups is 1. The highest BCUT2D eigenvalue weighted by atomic mass is 79.9. The van der Waals surface area contributed by atoms with E-state index in [9.17, 15) is 0 Å². The van der Waals surface area contributed by atoms with Gasteiger partial charge in [0.15, 0.2) is 5.17 Å². The van der Waals surface area contributed by atoms with Crippen molar-refractivity contribution < 1.29 is 0 Å². The summed E-state index contributed by atoms with van der Waals surface area (Å²) in [6.07, 6.45) is 2.48. The van der Waals surface area contributed by atoms with Gasteiger partial charge in [-0.15, -0.1) is 0 Å². The van der Waals surface area contributed by atoms with E-state index in [1.807, 2.05) is 30.0 Å². The first-order valence-electron chi connectivity index (χ1n) is 5.52. The van der Waals surface area contributed by atoms with Crippen LogP contribution in [0.2, 0.25) is 0 Å². The van der Waals surface area contributed by atoms with Crippen LogP contribution in [0.4, 0.5) is 5.69 Å². The van der Waals surface area contributed by atoms with Gasteiger partial charge in [0.1, 0.15) is 0 Å². The van der Waals surface area contributed by atoms with Crippen molar-refractivity contribution in [3.63, 3.8) is 0 Å². The molecule has 0 saturated heterocycles. The molecular formula is C12H15BrN2S. The SMILES string of the molecule is CCCC1CN=C(Nc2ccccc2Br)S1. The Labute approximate surface area is 109 Å². The zero-order chi connectivity index (χ0) is 11.4. The van der Waals surface area contributed by atoms with Crippen LogP contribution in [0.15, 0.2) is 33.7 Å². The molecule has 1 N–H and O–H groups in total. The summed E-state index contributed by atoms with van der Waals surface area (Å²) in [5.41, 5.74) is 1.09. The van der Waals surface area contributed by atoms with Gasteiger partial charge in [-0.3, -0.25) is 4.99 Å². The van der Waals surface area contributed by atoms with Crippen LogP contribution < -0.4 is 5.32 Å². The van der Waals surface area contributed by atoms with Crippen LogP contribution in [0.1, 0.15) is 19.8 Å². The molecule has 2 nitrogen and oxygen atoms in total. The van der Waals surface area contributed by atoms with Gasteiger partial charge in [-0.2, -0.15) is 0 Å². The number of hydrogen-bond donors (Lipinski definition) is 1. The van der Waals surface area contributed by atoms with E-state index in [-0.39, 0.29) is 0 Å². The summed E-state index contributed by atoms with van der Waals surface area (Å²) in [5, 5.41) is 5.07. The molecule has 86 valence electrons. The molecule has 0 spiro atoms. The maximum absolute atomic E-state index is 4.52. The maximum Gasteiger partial charge on any atom is 0.161 e. The first-order chi connectivity index (χ1) is 7.79. The second-order valence-electron chi connectivity index (χ2n) is 3.78. The molecule has 0 fully saturated rings. The van der Waals surface area contributed by atoms with Crippen LogP contribution in [0, 0.1) is 0 Å². The summed E-state index contributed by atoms with van der Waals surface area (Å²) < 4.78 is 1.08. The first-order valence-corrected chi connectivity index (χ1v) is 7.19. The van der Waals surface area contributed by atoms with Crippen molar-refractivity contribution in [1.82, 2.24) is 0 Å². The van der Waals surface area contributed by atoms with Gasteiger partial charge in [-0.05, 0) is 34.5 Å². The monoisotopic (exact) mass is 298 g/mol. The van der Waals surface area contributed by atoms with Crippen molar-refractivity contribution in [2.75, 3.05) is 11.9 Å². The van der Waals surface area contributed by atoms with E-state index < -0.39 is 0 Å². The fraction of sp³-hybridized carbons (Fsp3) is 0.417. The average Bonchev–Trinajstić information content (AvgIpc) is 2.70. The minimum Gasteiger partial charge on any atom is -0.334 e. The topological polar surface area (TPSA) is 24.4 Å². The van der Waals surface area contributed by atoms with Crippen molar-refractivity contribution in [1.29, 1.82) is 0 Å². The van der Waals surface area contributed by atoms with Gasteiger partial charge in [-0.25, -0.2) is 0 Å². The lowest BCUT2D eigenvalue weighted by Gasteiger charge is -2.09. The number of anilines is 1. The predicted octanol–water partition coefficient (Wildman–Crippen LogP) is 4.13. The van der Waals surface area contributed by atoms with Crippen LogP contribution in [-0.4, -0.2) is 17.0 Å². The molecule has 0 aromatic heterocycles. The van der Waals surface area contributed by atoms with Crippen LogP contribution >= 0.6 is 27.7 Å².